The van der Waals surface area contributed by atoms with Crippen molar-refractivity contribution in [3.8, 4) is 0 Å². The van der Waals surface area contributed by atoms with Gasteiger partial charge in [0.25, 0.3) is 5.69 Å². The maximum Gasteiger partial charge on any atom is 0.330 e. The predicted octanol–water partition coefficient (Wildman–Crippen LogP) is 1.37. The third-order valence-electron chi connectivity index (χ3n) is 2.99. The molecule has 2 rings (SSSR count). The number of hydrazine groups is 1. The van der Waals surface area contributed by atoms with Gasteiger partial charge < -0.3 is 4.74 Å². The summed E-state index contributed by atoms with van der Waals surface area (Å²) in [7, 11) is 0. The minimum absolute atomic E-state index is 0.0474. The topological polar surface area (TPSA) is 84.7 Å². The highest BCUT2D eigenvalue weighted by atomic mass is 16.6. The SMILES string of the molecule is CCOC(=O)C(C)N1NCc2cc([N+](=O)[O-])ccc21. The molecule has 1 N–H and O–H groups in total. The van der Waals surface area contributed by atoms with Crippen LogP contribution in [0.15, 0.2) is 18.2 Å². The van der Waals surface area contributed by atoms with Gasteiger partial charge in [-0.3, -0.25) is 15.1 Å². The Bertz CT molecular complexity index is 518. The maximum atomic E-state index is 11.7. The molecule has 1 heterocycles. The van der Waals surface area contributed by atoms with Crippen LogP contribution in [0.25, 0.3) is 0 Å². The van der Waals surface area contributed by atoms with Gasteiger partial charge >= 0.3 is 5.97 Å². The first-order valence-electron chi connectivity index (χ1n) is 6.01. The quantitative estimate of drug-likeness (QED) is 0.503. The summed E-state index contributed by atoms with van der Waals surface area (Å²) in [5, 5.41) is 12.4. The number of carbonyl (C=O) groups excluding carboxylic acids is 1. The Morgan fingerprint density at radius 1 is 1.63 bits per heavy atom. The summed E-state index contributed by atoms with van der Waals surface area (Å²) in [5.41, 5.74) is 4.65. The number of nitro benzene ring substituents is 1. The van der Waals surface area contributed by atoms with Gasteiger partial charge in [-0.05, 0) is 25.5 Å². The Morgan fingerprint density at radius 2 is 2.37 bits per heavy atom. The molecule has 0 bridgehead atoms. The Balaban J connectivity index is 2.22. The van der Waals surface area contributed by atoms with Gasteiger partial charge in [0.2, 0.25) is 0 Å². The molecule has 0 aromatic heterocycles. The molecule has 0 radical (unpaired) electrons. The molecule has 102 valence electrons. The summed E-state index contributed by atoms with van der Waals surface area (Å²) >= 11 is 0. The number of esters is 1. The minimum atomic E-state index is -0.484. The number of nitrogens with zero attached hydrogens (tertiary/aromatic N) is 2. The molecular formula is C12H15N3O4. The molecule has 7 nitrogen and oxygen atoms in total. The summed E-state index contributed by atoms with van der Waals surface area (Å²) in [5.74, 6) is -0.332. The molecular weight excluding hydrogens is 250 g/mol. The summed E-state index contributed by atoms with van der Waals surface area (Å²) in [6, 6.07) is 4.10. The van der Waals surface area contributed by atoms with E-state index in [-0.39, 0.29) is 11.7 Å². The first kappa shape index (κ1) is 13.3. The normalized spacial score (nSPS) is 14.9. The lowest BCUT2D eigenvalue weighted by molar-refractivity contribution is -0.384. The highest BCUT2D eigenvalue weighted by Crippen LogP contribution is 2.30. The molecule has 1 aliphatic rings. The summed E-state index contributed by atoms with van der Waals surface area (Å²) in [6.45, 7) is 4.26. The fourth-order valence-electron chi connectivity index (χ4n) is 2.03. The average molecular weight is 265 g/mol. The van der Waals surface area contributed by atoms with Gasteiger partial charge in [0.05, 0.1) is 17.2 Å². The highest BCUT2D eigenvalue weighted by Gasteiger charge is 2.29. The molecule has 1 aliphatic heterocycles. The zero-order valence-electron chi connectivity index (χ0n) is 10.8. The number of non-ortho nitro benzene ring substituents is 1. The molecule has 0 saturated heterocycles. The number of anilines is 1. The van der Waals surface area contributed by atoms with E-state index in [4.69, 9.17) is 4.74 Å². The zero-order chi connectivity index (χ0) is 14.0. The average Bonchev–Trinajstić information content (AvgIpc) is 2.80. The minimum Gasteiger partial charge on any atom is -0.464 e. The first-order valence-corrected chi connectivity index (χ1v) is 6.01. The Labute approximate surface area is 110 Å². The Morgan fingerprint density at radius 3 is 3.00 bits per heavy atom. The molecule has 1 aromatic carbocycles. The lowest BCUT2D eigenvalue weighted by Crippen LogP contribution is -2.45. The van der Waals surface area contributed by atoms with Crippen molar-refractivity contribution in [2.24, 2.45) is 0 Å². The monoisotopic (exact) mass is 265 g/mol. The second-order valence-corrected chi connectivity index (χ2v) is 4.20. The number of benzene rings is 1. The smallest absolute Gasteiger partial charge is 0.330 e. The van der Waals surface area contributed by atoms with E-state index < -0.39 is 11.0 Å². The van der Waals surface area contributed by atoms with Crippen molar-refractivity contribution in [1.29, 1.82) is 0 Å². The number of hydrogen-bond acceptors (Lipinski definition) is 6. The van der Waals surface area contributed by atoms with E-state index in [1.807, 2.05) is 0 Å². The van der Waals surface area contributed by atoms with Crippen LogP contribution in [0, 0.1) is 10.1 Å². The van der Waals surface area contributed by atoms with Crippen LogP contribution in [0.2, 0.25) is 0 Å². The maximum absolute atomic E-state index is 11.7. The molecule has 0 amide bonds. The number of nitro groups is 1. The number of fused-ring (bicyclic) bond motifs is 1. The largest absolute Gasteiger partial charge is 0.464 e. The van der Waals surface area contributed by atoms with Gasteiger partial charge in [-0.15, -0.1) is 0 Å². The van der Waals surface area contributed by atoms with E-state index in [1.165, 1.54) is 12.1 Å². The summed E-state index contributed by atoms with van der Waals surface area (Å²) in [6.07, 6.45) is 0. The van der Waals surface area contributed by atoms with Crippen molar-refractivity contribution >= 4 is 17.3 Å². The molecule has 0 aliphatic carbocycles. The van der Waals surface area contributed by atoms with Crippen molar-refractivity contribution in [2.45, 2.75) is 26.4 Å². The first-order chi connectivity index (χ1) is 9.04. The standard InChI is InChI=1S/C12H15N3O4/c1-3-19-12(16)8(2)14-11-5-4-10(15(17)18)6-9(11)7-13-14/h4-6,8,13H,3,7H2,1-2H3. The van der Waals surface area contributed by atoms with E-state index in [2.05, 4.69) is 5.43 Å². The van der Waals surface area contributed by atoms with Crippen LogP contribution in [0.3, 0.4) is 0 Å². The van der Waals surface area contributed by atoms with E-state index in [0.717, 1.165) is 11.3 Å². The molecule has 7 heteroatoms. The molecule has 0 fully saturated rings. The van der Waals surface area contributed by atoms with Gasteiger partial charge in [-0.25, -0.2) is 10.2 Å². The van der Waals surface area contributed by atoms with E-state index >= 15 is 0 Å². The van der Waals surface area contributed by atoms with Crippen LogP contribution in [0.1, 0.15) is 19.4 Å². The number of hydrogen-bond donors (Lipinski definition) is 1. The third kappa shape index (κ3) is 2.50. The second kappa shape index (κ2) is 5.23. The number of ether oxygens (including phenoxy) is 1. The van der Waals surface area contributed by atoms with Crippen LogP contribution in [0.5, 0.6) is 0 Å². The third-order valence-corrected chi connectivity index (χ3v) is 2.99. The zero-order valence-corrected chi connectivity index (χ0v) is 10.8. The van der Waals surface area contributed by atoms with Crippen LogP contribution < -0.4 is 10.4 Å². The van der Waals surface area contributed by atoms with Crippen molar-refractivity contribution in [1.82, 2.24) is 5.43 Å². The van der Waals surface area contributed by atoms with E-state index in [9.17, 15) is 14.9 Å². The molecule has 1 aromatic rings. The fourth-order valence-corrected chi connectivity index (χ4v) is 2.03. The summed E-state index contributed by atoms with van der Waals surface area (Å²) < 4.78 is 4.96. The van der Waals surface area contributed by atoms with Crippen molar-refractivity contribution < 1.29 is 14.5 Å². The van der Waals surface area contributed by atoms with Gasteiger partial charge in [-0.2, -0.15) is 0 Å². The van der Waals surface area contributed by atoms with Crippen molar-refractivity contribution in [2.75, 3.05) is 11.6 Å². The summed E-state index contributed by atoms with van der Waals surface area (Å²) in [4.78, 5) is 22.0. The second-order valence-electron chi connectivity index (χ2n) is 4.20. The van der Waals surface area contributed by atoms with Crippen LogP contribution in [-0.2, 0) is 16.1 Å². The van der Waals surface area contributed by atoms with Gasteiger partial charge in [0, 0.05) is 18.7 Å². The number of carbonyl (C=O) groups is 1. The van der Waals surface area contributed by atoms with E-state index in [0.29, 0.717) is 13.2 Å². The Kier molecular flexibility index (Phi) is 3.66. The van der Waals surface area contributed by atoms with Crippen LogP contribution in [-0.4, -0.2) is 23.5 Å². The lowest BCUT2D eigenvalue weighted by atomic mass is 10.1. The number of rotatable bonds is 4. The number of nitrogens with one attached hydrogen (secondary N) is 1. The molecule has 1 unspecified atom stereocenters. The van der Waals surface area contributed by atoms with Crippen molar-refractivity contribution in [3.63, 3.8) is 0 Å². The van der Waals surface area contributed by atoms with Crippen LogP contribution in [0.4, 0.5) is 11.4 Å². The van der Waals surface area contributed by atoms with Gasteiger partial charge in [-0.1, -0.05) is 0 Å². The van der Waals surface area contributed by atoms with Crippen molar-refractivity contribution in [3.05, 3.63) is 33.9 Å². The molecule has 0 spiro atoms. The molecule has 19 heavy (non-hydrogen) atoms. The van der Waals surface area contributed by atoms with Gasteiger partial charge in [0.15, 0.2) is 0 Å². The van der Waals surface area contributed by atoms with E-state index in [1.54, 1.807) is 24.9 Å². The Hall–Kier alpha value is -2.15. The van der Waals surface area contributed by atoms with Gasteiger partial charge in [0.1, 0.15) is 6.04 Å². The molecule has 1 atom stereocenters. The molecule has 0 saturated carbocycles. The lowest BCUT2D eigenvalue weighted by Gasteiger charge is -2.25. The predicted molar refractivity (Wildman–Crippen MR) is 68.5 cm³/mol. The highest BCUT2D eigenvalue weighted by molar-refractivity contribution is 5.80. The van der Waals surface area contributed by atoms with Crippen LogP contribution >= 0.6 is 0 Å². The fraction of sp³-hybridized carbons (Fsp3) is 0.417.